The van der Waals surface area contributed by atoms with E-state index in [9.17, 15) is 4.79 Å². The zero-order valence-corrected chi connectivity index (χ0v) is 12.9. The molecule has 2 rings (SSSR count). The lowest BCUT2D eigenvalue weighted by Crippen LogP contribution is -2.27. The molecule has 21 heavy (non-hydrogen) atoms. The SMILES string of the molecule is CCCNc1ccccc1C(=O)N(C)c1ccc(C)cc1. The first-order valence-corrected chi connectivity index (χ1v) is 7.31. The van der Waals surface area contributed by atoms with Crippen molar-refractivity contribution in [3.63, 3.8) is 0 Å². The number of nitrogens with one attached hydrogen (secondary N) is 1. The van der Waals surface area contributed by atoms with Gasteiger partial charge >= 0.3 is 0 Å². The Balaban J connectivity index is 2.24. The van der Waals surface area contributed by atoms with Crippen molar-refractivity contribution in [3.05, 3.63) is 59.7 Å². The summed E-state index contributed by atoms with van der Waals surface area (Å²) in [5.41, 5.74) is 3.68. The second-order valence-electron chi connectivity index (χ2n) is 5.17. The molecule has 0 aromatic heterocycles. The Hall–Kier alpha value is -2.29. The van der Waals surface area contributed by atoms with Crippen LogP contribution in [0.3, 0.4) is 0 Å². The third-order valence-electron chi connectivity index (χ3n) is 3.45. The Labute approximate surface area is 126 Å². The first-order chi connectivity index (χ1) is 10.1. The maximum Gasteiger partial charge on any atom is 0.260 e. The second-order valence-corrected chi connectivity index (χ2v) is 5.17. The van der Waals surface area contributed by atoms with Gasteiger partial charge in [0.1, 0.15) is 0 Å². The van der Waals surface area contributed by atoms with Crippen molar-refractivity contribution in [1.29, 1.82) is 0 Å². The molecule has 0 aliphatic carbocycles. The summed E-state index contributed by atoms with van der Waals surface area (Å²) in [6.45, 7) is 5.00. The Morgan fingerprint density at radius 2 is 1.76 bits per heavy atom. The van der Waals surface area contributed by atoms with E-state index < -0.39 is 0 Å². The zero-order chi connectivity index (χ0) is 15.2. The Morgan fingerprint density at radius 3 is 2.43 bits per heavy atom. The van der Waals surface area contributed by atoms with E-state index >= 15 is 0 Å². The number of carbonyl (C=O) groups excluding carboxylic acids is 1. The van der Waals surface area contributed by atoms with Gasteiger partial charge in [-0.25, -0.2) is 0 Å². The minimum atomic E-state index is -0.00180. The Morgan fingerprint density at radius 1 is 1.10 bits per heavy atom. The number of benzene rings is 2. The van der Waals surface area contributed by atoms with Crippen LogP contribution in [0.25, 0.3) is 0 Å². The van der Waals surface area contributed by atoms with Gasteiger partial charge in [-0.1, -0.05) is 36.8 Å². The fourth-order valence-electron chi connectivity index (χ4n) is 2.15. The van der Waals surface area contributed by atoms with Crippen LogP contribution in [0, 0.1) is 6.92 Å². The number of amides is 1. The van der Waals surface area contributed by atoms with E-state index in [0.717, 1.165) is 24.3 Å². The van der Waals surface area contributed by atoms with Crippen LogP contribution in [0.15, 0.2) is 48.5 Å². The number of para-hydroxylation sites is 1. The molecule has 0 unspecified atom stereocenters. The fourth-order valence-corrected chi connectivity index (χ4v) is 2.15. The maximum absolute atomic E-state index is 12.7. The number of aryl methyl sites for hydroxylation is 1. The van der Waals surface area contributed by atoms with Gasteiger partial charge in [-0.05, 0) is 37.6 Å². The van der Waals surface area contributed by atoms with E-state index in [2.05, 4.69) is 12.2 Å². The smallest absolute Gasteiger partial charge is 0.260 e. The highest BCUT2D eigenvalue weighted by molar-refractivity contribution is 6.09. The summed E-state index contributed by atoms with van der Waals surface area (Å²) in [4.78, 5) is 14.4. The van der Waals surface area contributed by atoms with Gasteiger partial charge in [-0.15, -0.1) is 0 Å². The minimum Gasteiger partial charge on any atom is -0.384 e. The molecule has 1 N–H and O–H groups in total. The lowest BCUT2D eigenvalue weighted by molar-refractivity contribution is 0.0994. The minimum absolute atomic E-state index is 0.00180. The Bertz CT molecular complexity index is 605. The lowest BCUT2D eigenvalue weighted by Gasteiger charge is -2.20. The van der Waals surface area contributed by atoms with Gasteiger partial charge in [0.05, 0.1) is 5.56 Å². The summed E-state index contributed by atoms with van der Waals surface area (Å²) in [5.74, 6) is -0.00180. The molecule has 0 spiro atoms. The molecule has 0 aliphatic rings. The van der Waals surface area contributed by atoms with Crippen molar-refractivity contribution < 1.29 is 4.79 Å². The topological polar surface area (TPSA) is 32.3 Å². The van der Waals surface area contributed by atoms with Gasteiger partial charge in [0.15, 0.2) is 0 Å². The molecule has 0 saturated carbocycles. The van der Waals surface area contributed by atoms with Gasteiger partial charge in [-0.2, -0.15) is 0 Å². The quantitative estimate of drug-likeness (QED) is 0.895. The molecule has 0 radical (unpaired) electrons. The van der Waals surface area contributed by atoms with Crippen molar-refractivity contribution in [2.75, 3.05) is 23.8 Å². The van der Waals surface area contributed by atoms with Gasteiger partial charge in [-0.3, -0.25) is 4.79 Å². The van der Waals surface area contributed by atoms with Crippen LogP contribution in [-0.2, 0) is 0 Å². The first kappa shape index (κ1) is 15.1. The number of anilines is 2. The summed E-state index contributed by atoms with van der Waals surface area (Å²) < 4.78 is 0. The van der Waals surface area contributed by atoms with E-state index in [4.69, 9.17) is 0 Å². The van der Waals surface area contributed by atoms with Crippen LogP contribution < -0.4 is 10.2 Å². The molecule has 2 aromatic rings. The van der Waals surface area contributed by atoms with Gasteiger partial charge in [0.2, 0.25) is 0 Å². The molecular formula is C18H22N2O. The molecule has 2 aromatic carbocycles. The van der Waals surface area contributed by atoms with E-state index in [0.29, 0.717) is 5.56 Å². The van der Waals surface area contributed by atoms with E-state index in [-0.39, 0.29) is 5.91 Å². The predicted molar refractivity (Wildman–Crippen MR) is 89.1 cm³/mol. The predicted octanol–water partition coefficient (Wildman–Crippen LogP) is 4.09. The van der Waals surface area contributed by atoms with Crippen LogP contribution in [0.2, 0.25) is 0 Å². The number of carbonyl (C=O) groups is 1. The normalized spacial score (nSPS) is 10.2. The maximum atomic E-state index is 12.7. The monoisotopic (exact) mass is 282 g/mol. The molecular weight excluding hydrogens is 260 g/mol. The van der Waals surface area contributed by atoms with Crippen molar-refractivity contribution >= 4 is 17.3 Å². The summed E-state index contributed by atoms with van der Waals surface area (Å²) >= 11 is 0. The number of hydrogen-bond acceptors (Lipinski definition) is 2. The fraction of sp³-hybridized carbons (Fsp3) is 0.278. The van der Waals surface area contributed by atoms with Gasteiger partial charge < -0.3 is 10.2 Å². The van der Waals surface area contributed by atoms with Crippen LogP contribution in [0.1, 0.15) is 29.3 Å². The van der Waals surface area contributed by atoms with E-state index in [1.54, 1.807) is 4.90 Å². The highest BCUT2D eigenvalue weighted by atomic mass is 16.2. The van der Waals surface area contributed by atoms with Crippen molar-refractivity contribution in [3.8, 4) is 0 Å². The summed E-state index contributed by atoms with van der Waals surface area (Å²) in [6, 6.07) is 15.6. The summed E-state index contributed by atoms with van der Waals surface area (Å²) in [5, 5.41) is 3.31. The van der Waals surface area contributed by atoms with E-state index in [1.807, 2.05) is 62.5 Å². The second kappa shape index (κ2) is 6.93. The Kier molecular flexibility index (Phi) is 4.99. The molecule has 1 amide bonds. The van der Waals surface area contributed by atoms with Crippen molar-refractivity contribution in [1.82, 2.24) is 0 Å². The average Bonchev–Trinajstić information content (AvgIpc) is 2.52. The molecule has 0 bridgehead atoms. The van der Waals surface area contributed by atoms with Crippen molar-refractivity contribution in [2.24, 2.45) is 0 Å². The molecule has 0 aliphatic heterocycles. The molecule has 110 valence electrons. The molecule has 3 nitrogen and oxygen atoms in total. The third kappa shape index (κ3) is 3.63. The highest BCUT2D eigenvalue weighted by Crippen LogP contribution is 2.21. The van der Waals surface area contributed by atoms with Crippen LogP contribution in [0.5, 0.6) is 0 Å². The molecule has 0 atom stereocenters. The number of nitrogens with zero attached hydrogens (tertiary/aromatic N) is 1. The standard InChI is InChI=1S/C18H22N2O/c1-4-13-19-17-8-6-5-7-16(17)18(21)20(3)15-11-9-14(2)10-12-15/h5-12,19H,4,13H2,1-3H3. The lowest BCUT2D eigenvalue weighted by atomic mass is 10.1. The molecule has 0 saturated heterocycles. The number of rotatable bonds is 5. The van der Waals surface area contributed by atoms with Crippen molar-refractivity contribution in [2.45, 2.75) is 20.3 Å². The summed E-state index contributed by atoms with van der Waals surface area (Å²) in [6.07, 6.45) is 1.02. The average molecular weight is 282 g/mol. The van der Waals surface area contributed by atoms with Crippen LogP contribution in [0.4, 0.5) is 11.4 Å². The first-order valence-electron chi connectivity index (χ1n) is 7.31. The van der Waals surface area contributed by atoms with Gasteiger partial charge in [0.25, 0.3) is 5.91 Å². The molecule has 0 heterocycles. The van der Waals surface area contributed by atoms with Gasteiger partial charge in [0, 0.05) is 25.0 Å². The van der Waals surface area contributed by atoms with E-state index in [1.165, 1.54) is 5.56 Å². The van der Waals surface area contributed by atoms with Crippen LogP contribution >= 0.6 is 0 Å². The largest absolute Gasteiger partial charge is 0.384 e. The molecule has 3 heteroatoms. The highest BCUT2D eigenvalue weighted by Gasteiger charge is 2.16. The third-order valence-corrected chi connectivity index (χ3v) is 3.45. The summed E-state index contributed by atoms with van der Waals surface area (Å²) in [7, 11) is 1.81. The number of hydrogen-bond donors (Lipinski definition) is 1. The van der Waals surface area contributed by atoms with Crippen LogP contribution in [-0.4, -0.2) is 19.5 Å². The molecule has 0 fully saturated rings. The zero-order valence-electron chi connectivity index (χ0n) is 12.9.